The van der Waals surface area contributed by atoms with Gasteiger partial charge in [-0.05, 0) is 37.3 Å². The summed E-state index contributed by atoms with van der Waals surface area (Å²) in [6, 6.07) is 5.79. The van der Waals surface area contributed by atoms with Gasteiger partial charge in [0.1, 0.15) is 12.0 Å². The standard InChI is InChI=1S/C22H29N7O2/c1-13(2)17-9-18(24-12-23-17)14-5-6-15(7-14)19-10-21(27-26-19)25-22(30)20-8-16(11-31-4)28-29(20)3/h8-10,12-15H,5-7,11H2,1-4H3,(H2,25,26,27,30)/t14-,15+/m1/s1. The number of ether oxygens (including phenoxy) is 1. The molecule has 1 aliphatic carbocycles. The fourth-order valence-electron chi connectivity index (χ4n) is 4.21. The zero-order valence-electron chi connectivity index (χ0n) is 18.4. The predicted molar refractivity (Wildman–Crippen MR) is 116 cm³/mol. The summed E-state index contributed by atoms with van der Waals surface area (Å²) in [5.74, 6) is 1.44. The maximum Gasteiger partial charge on any atom is 0.275 e. The molecule has 2 atom stereocenters. The molecule has 9 nitrogen and oxygen atoms in total. The van der Waals surface area contributed by atoms with Crippen molar-refractivity contribution in [3.63, 3.8) is 0 Å². The van der Waals surface area contributed by atoms with E-state index in [0.29, 0.717) is 41.6 Å². The van der Waals surface area contributed by atoms with Crippen LogP contribution in [0, 0.1) is 0 Å². The zero-order valence-corrected chi connectivity index (χ0v) is 18.4. The second kappa shape index (κ2) is 8.97. The number of anilines is 1. The van der Waals surface area contributed by atoms with Crippen LogP contribution in [-0.4, -0.2) is 43.0 Å². The third-order valence-electron chi connectivity index (χ3n) is 5.89. The number of aryl methyl sites for hydroxylation is 1. The van der Waals surface area contributed by atoms with E-state index in [2.05, 4.69) is 50.5 Å². The fraction of sp³-hybridized carbons (Fsp3) is 0.500. The Morgan fingerprint density at radius 3 is 2.84 bits per heavy atom. The Morgan fingerprint density at radius 1 is 1.26 bits per heavy atom. The molecular weight excluding hydrogens is 394 g/mol. The number of carbonyl (C=O) groups is 1. The number of hydrogen-bond acceptors (Lipinski definition) is 6. The molecule has 0 bridgehead atoms. The summed E-state index contributed by atoms with van der Waals surface area (Å²) in [6.07, 6.45) is 4.82. The van der Waals surface area contributed by atoms with E-state index in [1.165, 1.54) is 0 Å². The molecule has 1 saturated carbocycles. The second-order valence-electron chi connectivity index (χ2n) is 8.47. The lowest BCUT2D eigenvalue weighted by Crippen LogP contribution is -2.16. The molecule has 3 heterocycles. The van der Waals surface area contributed by atoms with Crippen LogP contribution in [0.1, 0.15) is 84.1 Å². The number of methoxy groups -OCH3 is 1. The second-order valence-corrected chi connectivity index (χ2v) is 8.47. The molecule has 2 N–H and O–H groups in total. The number of rotatable bonds is 7. The van der Waals surface area contributed by atoms with E-state index in [1.807, 2.05) is 6.07 Å². The Bertz CT molecular complexity index is 1060. The van der Waals surface area contributed by atoms with Crippen LogP contribution < -0.4 is 5.32 Å². The largest absolute Gasteiger partial charge is 0.378 e. The molecule has 0 aliphatic heterocycles. The van der Waals surface area contributed by atoms with Crippen molar-refractivity contribution in [2.75, 3.05) is 12.4 Å². The van der Waals surface area contributed by atoms with E-state index in [9.17, 15) is 4.79 Å². The molecule has 0 radical (unpaired) electrons. The highest BCUT2D eigenvalue weighted by Gasteiger charge is 2.29. The third-order valence-corrected chi connectivity index (χ3v) is 5.89. The van der Waals surface area contributed by atoms with Gasteiger partial charge in [0.25, 0.3) is 5.91 Å². The highest BCUT2D eigenvalue weighted by molar-refractivity contribution is 6.02. The van der Waals surface area contributed by atoms with E-state index in [-0.39, 0.29) is 5.91 Å². The molecular formula is C22H29N7O2. The summed E-state index contributed by atoms with van der Waals surface area (Å²) >= 11 is 0. The molecule has 0 saturated heterocycles. The van der Waals surface area contributed by atoms with E-state index in [1.54, 1.807) is 31.2 Å². The van der Waals surface area contributed by atoms with Crippen LogP contribution in [0.5, 0.6) is 0 Å². The van der Waals surface area contributed by atoms with Gasteiger partial charge in [0.05, 0.1) is 12.3 Å². The van der Waals surface area contributed by atoms with Crippen molar-refractivity contribution in [1.29, 1.82) is 0 Å². The first-order valence-electron chi connectivity index (χ1n) is 10.6. The SMILES string of the molecule is COCc1cc(C(=O)Nc2cc([C@H]3CC[C@@H](c4cc(C(C)C)ncn4)C3)[nH]n2)n(C)n1. The van der Waals surface area contributed by atoms with Crippen LogP contribution in [0.25, 0.3) is 0 Å². The molecule has 164 valence electrons. The van der Waals surface area contributed by atoms with Gasteiger partial charge in [0.2, 0.25) is 0 Å². The minimum atomic E-state index is -0.248. The number of amides is 1. The first kappa shape index (κ1) is 21.2. The fourth-order valence-corrected chi connectivity index (χ4v) is 4.21. The third kappa shape index (κ3) is 4.66. The van der Waals surface area contributed by atoms with Crippen LogP contribution in [0.3, 0.4) is 0 Å². The quantitative estimate of drug-likeness (QED) is 0.602. The molecule has 4 rings (SSSR count). The first-order valence-corrected chi connectivity index (χ1v) is 10.6. The van der Waals surface area contributed by atoms with Crippen molar-refractivity contribution in [2.24, 2.45) is 7.05 Å². The van der Waals surface area contributed by atoms with Gasteiger partial charge in [-0.3, -0.25) is 14.6 Å². The van der Waals surface area contributed by atoms with Gasteiger partial charge < -0.3 is 10.1 Å². The van der Waals surface area contributed by atoms with E-state index in [4.69, 9.17) is 4.74 Å². The van der Waals surface area contributed by atoms with Crippen LogP contribution in [0.4, 0.5) is 5.82 Å². The maximum atomic E-state index is 12.6. The molecule has 1 amide bonds. The van der Waals surface area contributed by atoms with Gasteiger partial charge in [-0.2, -0.15) is 10.2 Å². The Labute approximate surface area is 181 Å². The molecule has 1 aliphatic rings. The highest BCUT2D eigenvalue weighted by atomic mass is 16.5. The van der Waals surface area contributed by atoms with Gasteiger partial charge in [-0.15, -0.1) is 0 Å². The van der Waals surface area contributed by atoms with Crippen molar-refractivity contribution in [1.82, 2.24) is 29.9 Å². The molecule has 3 aromatic rings. The summed E-state index contributed by atoms with van der Waals surface area (Å²) in [7, 11) is 3.34. The van der Waals surface area contributed by atoms with Crippen LogP contribution in [0.15, 0.2) is 24.5 Å². The molecule has 1 fully saturated rings. The monoisotopic (exact) mass is 423 g/mol. The number of carbonyl (C=O) groups excluding carboxylic acids is 1. The van der Waals surface area contributed by atoms with Crippen LogP contribution in [0.2, 0.25) is 0 Å². The average molecular weight is 424 g/mol. The Balaban J connectivity index is 1.40. The van der Waals surface area contributed by atoms with E-state index in [0.717, 1.165) is 36.3 Å². The first-order chi connectivity index (χ1) is 14.9. The van der Waals surface area contributed by atoms with Gasteiger partial charge in [-0.25, -0.2) is 9.97 Å². The molecule has 0 spiro atoms. The number of aromatic amines is 1. The van der Waals surface area contributed by atoms with E-state index < -0.39 is 0 Å². The number of aromatic nitrogens is 6. The minimum absolute atomic E-state index is 0.248. The lowest BCUT2D eigenvalue weighted by atomic mass is 9.98. The number of hydrogen-bond donors (Lipinski definition) is 2. The van der Waals surface area contributed by atoms with Crippen molar-refractivity contribution >= 4 is 11.7 Å². The number of nitrogens with one attached hydrogen (secondary N) is 2. The van der Waals surface area contributed by atoms with Crippen LogP contribution in [-0.2, 0) is 18.4 Å². The summed E-state index contributed by atoms with van der Waals surface area (Å²) < 4.78 is 6.63. The van der Waals surface area contributed by atoms with Gasteiger partial charge in [0, 0.05) is 49.1 Å². The summed E-state index contributed by atoms with van der Waals surface area (Å²) in [4.78, 5) is 21.5. The van der Waals surface area contributed by atoms with Crippen LogP contribution >= 0.6 is 0 Å². The topological polar surface area (TPSA) is 111 Å². The lowest BCUT2D eigenvalue weighted by Gasteiger charge is -2.12. The molecule has 31 heavy (non-hydrogen) atoms. The van der Waals surface area contributed by atoms with Crippen molar-refractivity contribution in [3.8, 4) is 0 Å². The predicted octanol–water partition coefficient (Wildman–Crippen LogP) is 3.51. The zero-order chi connectivity index (χ0) is 22.0. The summed E-state index contributed by atoms with van der Waals surface area (Å²) in [5, 5.41) is 14.5. The number of nitrogens with zero attached hydrogens (tertiary/aromatic N) is 5. The van der Waals surface area contributed by atoms with Gasteiger partial charge in [0.15, 0.2) is 5.82 Å². The van der Waals surface area contributed by atoms with Gasteiger partial charge >= 0.3 is 0 Å². The lowest BCUT2D eigenvalue weighted by molar-refractivity contribution is 0.101. The van der Waals surface area contributed by atoms with Gasteiger partial charge in [-0.1, -0.05) is 13.8 Å². The Hall–Kier alpha value is -3.07. The molecule has 0 aromatic carbocycles. The molecule has 0 unspecified atom stereocenters. The minimum Gasteiger partial charge on any atom is -0.378 e. The highest BCUT2D eigenvalue weighted by Crippen LogP contribution is 2.43. The normalized spacial score (nSPS) is 18.6. The maximum absolute atomic E-state index is 12.6. The Kier molecular flexibility index (Phi) is 6.13. The smallest absolute Gasteiger partial charge is 0.275 e. The van der Waals surface area contributed by atoms with Crippen molar-refractivity contribution in [2.45, 2.75) is 57.5 Å². The van der Waals surface area contributed by atoms with E-state index >= 15 is 0 Å². The summed E-state index contributed by atoms with van der Waals surface area (Å²) in [5.41, 5.74) is 4.42. The summed E-state index contributed by atoms with van der Waals surface area (Å²) in [6.45, 7) is 4.66. The van der Waals surface area contributed by atoms with Crippen molar-refractivity contribution < 1.29 is 9.53 Å². The number of H-pyrrole nitrogens is 1. The average Bonchev–Trinajstić information content (AvgIpc) is 3.48. The molecule has 3 aromatic heterocycles. The Morgan fingerprint density at radius 2 is 2.06 bits per heavy atom. The van der Waals surface area contributed by atoms with Crippen molar-refractivity contribution in [3.05, 3.63) is 53.0 Å². The molecule has 9 heteroatoms.